The molecular formula is C8H12F3NO5S. The van der Waals surface area contributed by atoms with Crippen LogP contribution in [0.2, 0.25) is 0 Å². The Balaban J connectivity index is 4.67. The summed E-state index contributed by atoms with van der Waals surface area (Å²) in [5, 5.41) is 2.25. The van der Waals surface area contributed by atoms with Crippen molar-refractivity contribution in [3.8, 4) is 0 Å². The average Bonchev–Trinajstić information content (AvgIpc) is 2.22. The van der Waals surface area contributed by atoms with Gasteiger partial charge < -0.3 is 14.2 Å². The van der Waals surface area contributed by atoms with Gasteiger partial charge in [0.05, 0.1) is 0 Å². The van der Waals surface area contributed by atoms with Gasteiger partial charge in [0.1, 0.15) is 12.4 Å². The Morgan fingerprint density at radius 1 is 1.39 bits per heavy atom. The number of carbonyl (C=O) groups is 1. The van der Waals surface area contributed by atoms with Crippen molar-refractivity contribution in [3.05, 3.63) is 11.8 Å². The summed E-state index contributed by atoms with van der Waals surface area (Å²) >= 11 is 0. The lowest BCUT2D eigenvalue weighted by Gasteiger charge is -2.11. The highest BCUT2D eigenvalue weighted by Gasteiger charge is 2.48. The number of hydrogen-bond acceptors (Lipinski definition) is 5. The smallest absolute Gasteiger partial charge is 0.378 e. The summed E-state index contributed by atoms with van der Waals surface area (Å²) in [5.41, 5.74) is -5.50. The molecule has 0 aromatic carbocycles. The highest BCUT2D eigenvalue weighted by Crippen LogP contribution is 2.26. The van der Waals surface area contributed by atoms with E-state index in [-0.39, 0.29) is 13.0 Å². The zero-order chi connectivity index (χ0) is 14.2. The number of methoxy groups -OCH3 is 1. The largest absolute Gasteiger partial charge is 0.534 e. The topological polar surface area (TPSA) is 81.7 Å². The monoisotopic (exact) mass is 291 g/mol. The summed E-state index contributed by atoms with van der Waals surface area (Å²) < 4.78 is 65.9. The Morgan fingerprint density at radius 2 is 2.00 bits per heavy atom. The molecule has 0 atom stereocenters. The van der Waals surface area contributed by atoms with Gasteiger partial charge in [-0.3, -0.25) is 4.79 Å². The Bertz CT molecular complexity index is 390. The molecule has 1 amide bonds. The maximum absolute atomic E-state index is 12.0. The Labute approximate surface area is 102 Å². The molecule has 0 fully saturated rings. The minimum Gasteiger partial charge on any atom is -0.378 e. The van der Waals surface area contributed by atoms with E-state index in [1.807, 2.05) is 0 Å². The number of ether oxygens (including phenoxy) is 1. The predicted molar refractivity (Wildman–Crippen MR) is 54.7 cm³/mol. The van der Waals surface area contributed by atoms with E-state index >= 15 is 0 Å². The molecule has 106 valence electrons. The maximum atomic E-state index is 12.0. The summed E-state index contributed by atoms with van der Waals surface area (Å²) in [5.74, 6) is -0.498. The van der Waals surface area contributed by atoms with E-state index in [0.717, 1.165) is 6.08 Å². The highest BCUT2D eigenvalue weighted by molar-refractivity contribution is 7.87. The molecule has 0 bridgehead atoms. The Morgan fingerprint density at radius 3 is 2.44 bits per heavy atom. The number of rotatable bonds is 8. The van der Waals surface area contributed by atoms with E-state index in [1.54, 1.807) is 0 Å². The van der Waals surface area contributed by atoms with Crippen molar-refractivity contribution in [1.29, 1.82) is 0 Å². The van der Waals surface area contributed by atoms with Gasteiger partial charge in [0.15, 0.2) is 0 Å². The lowest BCUT2D eigenvalue weighted by atomic mass is 10.3. The first-order valence-electron chi connectivity index (χ1n) is 4.60. The van der Waals surface area contributed by atoms with Gasteiger partial charge >= 0.3 is 15.6 Å². The molecule has 0 aromatic heterocycles. The van der Waals surface area contributed by atoms with Crippen LogP contribution < -0.4 is 5.32 Å². The van der Waals surface area contributed by atoms with E-state index in [9.17, 15) is 26.4 Å². The van der Waals surface area contributed by atoms with Gasteiger partial charge in [0, 0.05) is 13.7 Å². The third kappa shape index (κ3) is 5.87. The molecule has 0 aliphatic rings. The minimum atomic E-state index is -5.70. The second kappa shape index (κ2) is 7.21. The molecule has 0 spiro atoms. The van der Waals surface area contributed by atoms with Gasteiger partial charge in [0.2, 0.25) is 6.41 Å². The van der Waals surface area contributed by atoms with Crippen molar-refractivity contribution < 1.29 is 35.3 Å². The number of nitrogens with one attached hydrogen (secondary N) is 1. The van der Waals surface area contributed by atoms with E-state index < -0.39 is 28.0 Å². The second-order valence-electron chi connectivity index (χ2n) is 2.95. The van der Waals surface area contributed by atoms with Gasteiger partial charge in [-0.1, -0.05) is 0 Å². The van der Waals surface area contributed by atoms with Crippen LogP contribution in [0.1, 0.15) is 6.42 Å². The first-order chi connectivity index (χ1) is 8.24. The van der Waals surface area contributed by atoms with Crippen molar-refractivity contribution in [3.63, 3.8) is 0 Å². The highest BCUT2D eigenvalue weighted by atomic mass is 32.2. The van der Waals surface area contributed by atoms with Crippen molar-refractivity contribution in [2.24, 2.45) is 0 Å². The average molecular weight is 291 g/mol. The minimum absolute atomic E-state index is 0.102. The van der Waals surface area contributed by atoms with Crippen LogP contribution in [0.15, 0.2) is 11.8 Å². The molecule has 0 saturated heterocycles. The first kappa shape index (κ1) is 16.7. The van der Waals surface area contributed by atoms with Gasteiger partial charge in [-0.2, -0.15) is 21.6 Å². The molecule has 6 nitrogen and oxygen atoms in total. The molecule has 0 rings (SSSR count). The summed E-state index contributed by atoms with van der Waals surface area (Å²) in [6.07, 6.45) is 1.59. The predicted octanol–water partition coefficient (Wildman–Crippen LogP) is 0.519. The van der Waals surface area contributed by atoms with Gasteiger partial charge in [-0.05, 0) is 12.5 Å². The fraction of sp³-hybridized carbons (Fsp3) is 0.625. The standard InChI is InChI=1S/C8H12F3NO5S/c1-16-5-7(3-2-4-12-6-13)17-18(14,15)8(9,10)11/h3,6H,2,4-5H2,1H3,(H,12,13)/b7-3+. The van der Waals surface area contributed by atoms with E-state index in [2.05, 4.69) is 14.2 Å². The van der Waals surface area contributed by atoms with Gasteiger partial charge in [-0.25, -0.2) is 0 Å². The molecular weight excluding hydrogens is 279 g/mol. The van der Waals surface area contributed by atoms with Crippen LogP contribution >= 0.6 is 0 Å². The molecule has 0 aromatic rings. The number of halogens is 3. The second-order valence-corrected chi connectivity index (χ2v) is 4.49. The third-order valence-electron chi connectivity index (χ3n) is 1.53. The third-order valence-corrected chi connectivity index (χ3v) is 2.53. The van der Waals surface area contributed by atoms with Crippen LogP contribution in [-0.4, -0.2) is 40.6 Å². The van der Waals surface area contributed by atoms with Crippen LogP contribution in [0.3, 0.4) is 0 Å². The number of carbonyl (C=O) groups excluding carboxylic acids is 1. The lowest BCUT2D eigenvalue weighted by molar-refractivity contribution is -0.109. The number of hydrogen-bond donors (Lipinski definition) is 1. The number of amides is 1. The first-order valence-corrected chi connectivity index (χ1v) is 6.01. The molecule has 0 saturated carbocycles. The fourth-order valence-corrected chi connectivity index (χ4v) is 1.32. The van der Waals surface area contributed by atoms with Gasteiger partial charge in [-0.15, -0.1) is 0 Å². The van der Waals surface area contributed by atoms with Crippen LogP contribution in [0.5, 0.6) is 0 Å². The molecule has 0 heterocycles. The molecule has 18 heavy (non-hydrogen) atoms. The molecule has 0 unspecified atom stereocenters. The Kier molecular flexibility index (Phi) is 6.70. The van der Waals surface area contributed by atoms with Crippen LogP contribution in [0.25, 0.3) is 0 Å². The van der Waals surface area contributed by atoms with Crippen LogP contribution in [-0.2, 0) is 23.8 Å². The zero-order valence-electron chi connectivity index (χ0n) is 9.36. The summed E-state index contributed by atoms with van der Waals surface area (Å²) in [7, 11) is -4.53. The fourth-order valence-electron chi connectivity index (χ4n) is 0.823. The van der Waals surface area contributed by atoms with E-state index in [1.165, 1.54) is 7.11 Å². The number of alkyl halides is 3. The van der Waals surface area contributed by atoms with E-state index in [4.69, 9.17) is 0 Å². The van der Waals surface area contributed by atoms with Gasteiger partial charge in [0.25, 0.3) is 0 Å². The molecule has 0 radical (unpaired) electrons. The SMILES string of the molecule is COC/C(=C\CCNC=O)OS(=O)(=O)C(F)(F)F. The molecule has 0 aliphatic heterocycles. The normalized spacial score (nSPS) is 13.2. The van der Waals surface area contributed by atoms with Crippen molar-refractivity contribution in [1.82, 2.24) is 5.32 Å². The Hall–Kier alpha value is -1.29. The quantitative estimate of drug-likeness (QED) is 0.232. The van der Waals surface area contributed by atoms with Crippen LogP contribution in [0, 0.1) is 0 Å². The molecule has 10 heteroatoms. The lowest BCUT2D eigenvalue weighted by Crippen LogP contribution is -2.26. The van der Waals surface area contributed by atoms with Crippen molar-refractivity contribution in [2.45, 2.75) is 11.9 Å². The summed E-state index contributed by atoms with van der Waals surface area (Å²) in [6.45, 7) is -0.303. The maximum Gasteiger partial charge on any atom is 0.534 e. The van der Waals surface area contributed by atoms with E-state index in [0.29, 0.717) is 6.41 Å². The molecule has 1 N–H and O–H groups in total. The van der Waals surface area contributed by atoms with Crippen molar-refractivity contribution in [2.75, 3.05) is 20.3 Å². The zero-order valence-corrected chi connectivity index (χ0v) is 10.2. The van der Waals surface area contributed by atoms with Crippen LogP contribution in [0.4, 0.5) is 13.2 Å². The summed E-state index contributed by atoms with van der Waals surface area (Å²) in [4.78, 5) is 9.90. The summed E-state index contributed by atoms with van der Waals surface area (Å²) in [6, 6.07) is 0. The molecule has 0 aliphatic carbocycles. The van der Waals surface area contributed by atoms with Crippen molar-refractivity contribution >= 4 is 16.5 Å².